The zero-order valence-corrected chi connectivity index (χ0v) is 12.4. The Morgan fingerprint density at radius 2 is 2.15 bits per heavy atom. The summed E-state index contributed by atoms with van der Waals surface area (Å²) in [5.41, 5.74) is 4.22. The number of aromatic nitrogens is 1. The van der Waals surface area contributed by atoms with Gasteiger partial charge in [0.2, 0.25) is 0 Å². The molecular weight excluding hydrogens is 250 g/mol. The molecule has 1 unspecified atom stereocenters. The standard InChI is InChI=1S/C17H23NO2/c1-3-11-5-8-15-13(9-11)10-14(17(19)20-4-2)16(18-15)12-6-7-12/h10-12H,3-9H2,1-2H3. The molecule has 1 aromatic rings. The first-order valence-corrected chi connectivity index (χ1v) is 7.92. The van der Waals surface area contributed by atoms with Crippen LogP contribution in [0.4, 0.5) is 0 Å². The Hall–Kier alpha value is -1.38. The van der Waals surface area contributed by atoms with Crippen LogP contribution in [-0.2, 0) is 17.6 Å². The number of carbonyl (C=O) groups is 1. The summed E-state index contributed by atoms with van der Waals surface area (Å²) in [5, 5.41) is 0. The third-order valence-corrected chi connectivity index (χ3v) is 4.56. The largest absolute Gasteiger partial charge is 0.462 e. The summed E-state index contributed by atoms with van der Waals surface area (Å²) >= 11 is 0. The number of pyridine rings is 1. The molecule has 1 aromatic heterocycles. The van der Waals surface area contributed by atoms with E-state index in [0.29, 0.717) is 12.5 Å². The van der Waals surface area contributed by atoms with Crippen LogP contribution >= 0.6 is 0 Å². The molecule has 0 N–H and O–H groups in total. The molecule has 1 fully saturated rings. The maximum absolute atomic E-state index is 12.2. The second kappa shape index (κ2) is 5.55. The zero-order valence-electron chi connectivity index (χ0n) is 12.4. The van der Waals surface area contributed by atoms with E-state index in [0.717, 1.165) is 42.9 Å². The molecule has 0 spiro atoms. The molecule has 3 rings (SSSR count). The van der Waals surface area contributed by atoms with E-state index in [1.54, 1.807) is 0 Å². The van der Waals surface area contributed by atoms with Gasteiger partial charge in [0.15, 0.2) is 0 Å². The lowest BCUT2D eigenvalue weighted by atomic mass is 9.84. The van der Waals surface area contributed by atoms with E-state index in [-0.39, 0.29) is 5.97 Å². The molecule has 0 saturated heterocycles. The van der Waals surface area contributed by atoms with Crippen LogP contribution in [0.1, 0.15) is 72.8 Å². The summed E-state index contributed by atoms with van der Waals surface area (Å²) in [6.07, 6.45) is 6.90. The quantitative estimate of drug-likeness (QED) is 0.786. The predicted molar refractivity (Wildman–Crippen MR) is 78.0 cm³/mol. The van der Waals surface area contributed by atoms with Gasteiger partial charge in [-0.1, -0.05) is 13.3 Å². The van der Waals surface area contributed by atoms with Gasteiger partial charge in [0.25, 0.3) is 0 Å². The Balaban J connectivity index is 1.97. The van der Waals surface area contributed by atoms with Gasteiger partial charge in [-0.25, -0.2) is 4.79 Å². The second-order valence-corrected chi connectivity index (χ2v) is 6.04. The van der Waals surface area contributed by atoms with Crippen molar-refractivity contribution in [2.45, 2.75) is 58.3 Å². The molecule has 0 amide bonds. The van der Waals surface area contributed by atoms with Gasteiger partial charge >= 0.3 is 5.97 Å². The normalized spacial score (nSPS) is 21.4. The van der Waals surface area contributed by atoms with Crippen LogP contribution in [0.15, 0.2) is 6.07 Å². The fourth-order valence-electron chi connectivity index (χ4n) is 3.14. The number of ether oxygens (including phenoxy) is 1. The SMILES string of the molecule is CCOC(=O)c1cc2c(nc1C1CC1)CCC(CC)C2. The van der Waals surface area contributed by atoms with Gasteiger partial charge in [-0.05, 0) is 56.6 Å². The lowest BCUT2D eigenvalue weighted by Gasteiger charge is -2.24. The van der Waals surface area contributed by atoms with Crippen LogP contribution in [0.2, 0.25) is 0 Å². The lowest BCUT2D eigenvalue weighted by molar-refractivity contribution is 0.0524. The van der Waals surface area contributed by atoms with Gasteiger partial charge in [0.1, 0.15) is 0 Å². The Morgan fingerprint density at radius 1 is 1.35 bits per heavy atom. The summed E-state index contributed by atoms with van der Waals surface area (Å²) in [5.74, 6) is 1.04. The minimum Gasteiger partial charge on any atom is -0.462 e. The number of hydrogen-bond donors (Lipinski definition) is 0. The smallest absolute Gasteiger partial charge is 0.339 e. The van der Waals surface area contributed by atoms with Gasteiger partial charge in [-0.2, -0.15) is 0 Å². The average molecular weight is 273 g/mol. The number of hydrogen-bond acceptors (Lipinski definition) is 3. The molecule has 0 radical (unpaired) electrons. The third-order valence-electron chi connectivity index (χ3n) is 4.56. The van der Waals surface area contributed by atoms with E-state index < -0.39 is 0 Å². The van der Waals surface area contributed by atoms with Crippen LogP contribution in [0, 0.1) is 5.92 Å². The van der Waals surface area contributed by atoms with Crippen molar-refractivity contribution in [1.29, 1.82) is 0 Å². The highest BCUT2D eigenvalue weighted by Crippen LogP contribution is 2.42. The molecular formula is C17H23NO2. The highest BCUT2D eigenvalue weighted by atomic mass is 16.5. The second-order valence-electron chi connectivity index (χ2n) is 6.04. The zero-order chi connectivity index (χ0) is 14.1. The molecule has 0 aliphatic heterocycles. The molecule has 20 heavy (non-hydrogen) atoms. The average Bonchev–Trinajstić information content (AvgIpc) is 3.30. The van der Waals surface area contributed by atoms with E-state index in [9.17, 15) is 4.79 Å². The van der Waals surface area contributed by atoms with Crippen LogP contribution in [0.3, 0.4) is 0 Å². The number of carbonyl (C=O) groups excluding carboxylic acids is 1. The topological polar surface area (TPSA) is 39.2 Å². The molecule has 108 valence electrons. The number of aryl methyl sites for hydroxylation is 1. The molecule has 3 heteroatoms. The monoisotopic (exact) mass is 273 g/mol. The van der Waals surface area contributed by atoms with E-state index in [2.05, 4.69) is 13.0 Å². The van der Waals surface area contributed by atoms with Crippen molar-refractivity contribution in [2.24, 2.45) is 5.92 Å². The first kappa shape index (κ1) is 13.6. The Bertz CT molecular complexity index is 520. The molecule has 1 heterocycles. The number of nitrogens with zero attached hydrogens (tertiary/aromatic N) is 1. The minimum atomic E-state index is -0.191. The molecule has 2 aliphatic carbocycles. The highest BCUT2D eigenvalue weighted by Gasteiger charge is 2.32. The van der Waals surface area contributed by atoms with E-state index in [4.69, 9.17) is 9.72 Å². The fourth-order valence-corrected chi connectivity index (χ4v) is 3.14. The number of rotatable bonds is 4. The third kappa shape index (κ3) is 2.58. The van der Waals surface area contributed by atoms with Gasteiger partial charge < -0.3 is 4.74 Å². The van der Waals surface area contributed by atoms with Crippen molar-refractivity contribution >= 4 is 5.97 Å². The van der Waals surface area contributed by atoms with Crippen molar-refractivity contribution in [3.05, 3.63) is 28.6 Å². The van der Waals surface area contributed by atoms with Crippen molar-refractivity contribution in [3.63, 3.8) is 0 Å². The minimum absolute atomic E-state index is 0.191. The lowest BCUT2D eigenvalue weighted by Crippen LogP contribution is -2.19. The van der Waals surface area contributed by atoms with Crippen molar-refractivity contribution in [1.82, 2.24) is 4.98 Å². The van der Waals surface area contributed by atoms with Crippen LogP contribution in [-0.4, -0.2) is 17.6 Å². The number of esters is 1. The van der Waals surface area contributed by atoms with Gasteiger partial charge in [0.05, 0.1) is 17.9 Å². The summed E-state index contributed by atoms with van der Waals surface area (Å²) in [6.45, 7) is 4.53. The maximum Gasteiger partial charge on any atom is 0.339 e. The molecule has 0 aromatic carbocycles. The van der Waals surface area contributed by atoms with Crippen LogP contribution < -0.4 is 0 Å². The van der Waals surface area contributed by atoms with Crippen LogP contribution in [0.5, 0.6) is 0 Å². The van der Waals surface area contributed by atoms with Crippen molar-refractivity contribution in [3.8, 4) is 0 Å². The van der Waals surface area contributed by atoms with Crippen LogP contribution in [0.25, 0.3) is 0 Å². The molecule has 0 bridgehead atoms. The summed E-state index contributed by atoms with van der Waals surface area (Å²) in [7, 11) is 0. The molecule has 1 saturated carbocycles. The molecule has 1 atom stereocenters. The number of fused-ring (bicyclic) bond motifs is 1. The van der Waals surface area contributed by atoms with Crippen molar-refractivity contribution < 1.29 is 9.53 Å². The Labute approximate surface area is 120 Å². The van der Waals surface area contributed by atoms with E-state index in [1.807, 2.05) is 6.92 Å². The first-order valence-electron chi connectivity index (χ1n) is 7.92. The first-order chi connectivity index (χ1) is 9.72. The van der Waals surface area contributed by atoms with E-state index >= 15 is 0 Å². The van der Waals surface area contributed by atoms with Gasteiger partial charge in [-0.3, -0.25) is 4.98 Å². The Kier molecular flexibility index (Phi) is 3.77. The summed E-state index contributed by atoms with van der Waals surface area (Å²) < 4.78 is 5.21. The van der Waals surface area contributed by atoms with Crippen molar-refractivity contribution in [2.75, 3.05) is 6.61 Å². The van der Waals surface area contributed by atoms with E-state index in [1.165, 1.54) is 24.1 Å². The fraction of sp³-hybridized carbons (Fsp3) is 0.647. The molecule has 3 nitrogen and oxygen atoms in total. The highest BCUT2D eigenvalue weighted by molar-refractivity contribution is 5.91. The summed E-state index contributed by atoms with van der Waals surface area (Å²) in [4.78, 5) is 17.0. The maximum atomic E-state index is 12.2. The van der Waals surface area contributed by atoms with Gasteiger partial charge in [0, 0.05) is 11.6 Å². The molecule has 2 aliphatic rings. The summed E-state index contributed by atoms with van der Waals surface area (Å²) in [6, 6.07) is 2.08. The Morgan fingerprint density at radius 3 is 2.80 bits per heavy atom. The predicted octanol–water partition coefficient (Wildman–Crippen LogP) is 3.65. The van der Waals surface area contributed by atoms with Gasteiger partial charge in [-0.15, -0.1) is 0 Å².